The minimum absolute atomic E-state index is 0.0407. The highest BCUT2D eigenvalue weighted by Crippen LogP contribution is 2.23. The van der Waals surface area contributed by atoms with E-state index in [4.69, 9.17) is 16.3 Å². The van der Waals surface area contributed by atoms with Gasteiger partial charge in [0.2, 0.25) is 0 Å². The highest BCUT2D eigenvalue weighted by molar-refractivity contribution is 7.12. The summed E-state index contributed by atoms with van der Waals surface area (Å²) >= 11 is 7.71. The van der Waals surface area contributed by atoms with Crippen LogP contribution in [0.3, 0.4) is 0 Å². The summed E-state index contributed by atoms with van der Waals surface area (Å²) in [6.07, 6.45) is 2.27. The summed E-state index contributed by atoms with van der Waals surface area (Å²) in [4.78, 5) is 42.8. The molecule has 182 valence electrons. The minimum Gasteiger partial charge on any atom is -0.508 e. The molecule has 0 aliphatic heterocycles. The number of phenols is 1. The Hall–Kier alpha value is -3.69. The summed E-state index contributed by atoms with van der Waals surface area (Å²) in [6, 6.07) is 10.8. The Bertz CT molecular complexity index is 1300. The number of esters is 1. The predicted octanol–water partition coefficient (Wildman–Crippen LogP) is 4.25. The summed E-state index contributed by atoms with van der Waals surface area (Å²) in [5.74, 6) is -1.64. The van der Waals surface area contributed by atoms with Crippen molar-refractivity contribution < 1.29 is 24.2 Å². The Balaban J connectivity index is 1.75. The van der Waals surface area contributed by atoms with Crippen molar-refractivity contribution in [3.05, 3.63) is 85.5 Å². The number of ether oxygens (including phenoxy) is 1. The standard InChI is InChI=1S/C25H24ClN3O5S/c1-4-22-28-14(2)21(35-22)12-20(25(33)34-3)29-24(32)18-9-8-16(11-19(18)26)23(31)27-13-15-6-5-7-17(30)10-15/h5-12,30H,4,13H2,1-3H3,(H,27,31)(H,29,32). The molecule has 0 aliphatic carbocycles. The number of carbonyl (C=O) groups is 3. The van der Waals surface area contributed by atoms with Gasteiger partial charge in [0.15, 0.2) is 0 Å². The van der Waals surface area contributed by atoms with Crippen LogP contribution in [-0.2, 0) is 22.5 Å². The SMILES string of the molecule is CCc1nc(C)c(C=C(NC(=O)c2ccc(C(=O)NCc3cccc(O)c3)cc2Cl)C(=O)OC)s1. The average molecular weight is 514 g/mol. The van der Waals surface area contributed by atoms with Gasteiger partial charge in [-0.1, -0.05) is 30.7 Å². The van der Waals surface area contributed by atoms with Crippen molar-refractivity contribution in [3.8, 4) is 5.75 Å². The lowest BCUT2D eigenvalue weighted by atomic mass is 10.1. The molecule has 1 aromatic heterocycles. The van der Waals surface area contributed by atoms with E-state index in [2.05, 4.69) is 15.6 Å². The van der Waals surface area contributed by atoms with E-state index in [0.29, 0.717) is 0 Å². The van der Waals surface area contributed by atoms with Gasteiger partial charge >= 0.3 is 5.97 Å². The first-order valence-corrected chi connectivity index (χ1v) is 11.8. The van der Waals surface area contributed by atoms with Crippen molar-refractivity contribution in [1.29, 1.82) is 0 Å². The lowest BCUT2D eigenvalue weighted by molar-refractivity contribution is -0.136. The summed E-state index contributed by atoms with van der Waals surface area (Å²) in [5.41, 5.74) is 1.74. The molecule has 0 spiro atoms. The molecule has 0 unspecified atom stereocenters. The predicted molar refractivity (Wildman–Crippen MR) is 134 cm³/mol. The number of amides is 2. The van der Waals surface area contributed by atoms with Crippen molar-refractivity contribution >= 4 is 46.8 Å². The molecular weight excluding hydrogens is 490 g/mol. The number of nitrogens with one attached hydrogen (secondary N) is 2. The monoisotopic (exact) mass is 513 g/mol. The molecular formula is C25H24ClN3O5S. The van der Waals surface area contributed by atoms with Crippen LogP contribution >= 0.6 is 22.9 Å². The number of aromatic hydroxyl groups is 1. The Morgan fingerprint density at radius 2 is 1.94 bits per heavy atom. The first-order valence-electron chi connectivity index (χ1n) is 10.6. The molecule has 0 fully saturated rings. The molecule has 8 nitrogen and oxygen atoms in total. The summed E-state index contributed by atoms with van der Waals surface area (Å²) in [6.45, 7) is 4.00. The molecule has 3 aromatic rings. The van der Waals surface area contributed by atoms with Crippen LogP contribution in [-0.4, -0.2) is 35.0 Å². The fraction of sp³-hybridized carbons (Fsp3) is 0.200. The maximum absolute atomic E-state index is 12.9. The van der Waals surface area contributed by atoms with Crippen LogP contribution in [0.25, 0.3) is 6.08 Å². The molecule has 0 atom stereocenters. The van der Waals surface area contributed by atoms with Crippen LogP contribution in [0.5, 0.6) is 5.75 Å². The zero-order valence-corrected chi connectivity index (χ0v) is 20.9. The van der Waals surface area contributed by atoms with Crippen LogP contribution in [0.15, 0.2) is 48.2 Å². The lowest BCUT2D eigenvalue weighted by Crippen LogP contribution is -2.28. The third kappa shape index (κ3) is 6.68. The molecule has 35 heavy (non-hydrogen) atoms. The number of hydrogen-bond acceptors (Lipinski definition) is 7. The van der Waals surface area contributed by atoms with Gasteiger partial charge in [-0.3, -0.25) is 9.59 Å². The fourth-order valence-corrected chi connectivity index (χ4v) is 4.34. The lowest BCUT2D eigenvalue weighted by Gasteiger charge is -2.11. The normalized spacial score (nSPS) is 11.1. The Morgan fingerprint density at radius 1 is 1.17 bits per heavy atom. The molecule has 10 heteroatoms. The largest absolute Gasteiger partial charge is 0.508 e. The number of halogens is 1. The summed E-state index contributed by atoms with van der Waals surface area (Å²) < 4.78 is 4.81. The Kier molecular flexibility index (Phi) is 8.62. The topological polar surface area (TPSA) is 118 Å². The quantitative estimate of drug-likeness (QED) is 0.306. The number of aryl methyl sites for hydroxylation is 2. The zero-order chi connectivity index (χ0) is 25.5. The van der Waals surface area contributed by atoms with Crippen molar-refractivity contribution in [2.75, 3.05) is 7.11 Å². The van der Waals surface area contributed by atoms with Crippen molar-refractivity contribution in [3.63, 3.8) is 0 Å². The van der Waals surface area contributed by atoms with Crippen molar-refractivity contribution in [2.45, 2.75) is 26.8 Å². The Labute approximate surface area is 211 Å². The molecule has 0 radical (unpaired) electrons. The molecule has 0 saturated carbocycles. The van der Waals surface area contributed by atoms with Gasteiger partial charge in [-0.05, 0) is 55.3 Å². The van der Waals surface area contributed by atoms with Gasteiger partial charge in [0.25, 0.3) is 11.8 Å². The van der Waals surface area contributed by atoms with E-state index in [-0.39, 0.29) is 34.1 Å². The highest BCUT2D eigenvalue weighted by atomic mass is 35.5. The van der Waals surface area contributed by atoms with Crippen LogP contribution < -0.4 is 10.6 Å². The molecule has 3 rings (SSSR count). The van der Waals surface area contributed by atoms with E-state index in [0.717, 1.165) is 27.6 Å². The van der Waals surface area contributed by atoms with Gasteiger partial charge in [0.05, 0.1) is 33.3 Å². The van der Waals surface area contributed by atoms with Gasteiger partial charge < -0.3 is 20.5 Å². The van der Waals surface area contributed by atoms with E-state index in [1.165, 1.54) is 48.8 Å². The number of hydrogen-bond donors (Lipinski definition) is 3. The van der Waals surface area contributed by atoms with Crippen molar-refractivity contribution in [2.24, 2.45) is 0 Å². The molecule has 1 heterocycles. The maximum atomic E-state index is 12.9. The first-order chi connectivity index (χ1) is 16.7. The molecule has 0 bridgehead atoms. The highest BCUT2D eigenvalue weighted by Gasteiger charge is 2.19. The molecule has 2 amide bonds. The second kappa shape index (κ2) is 11.6. The van der Waals surface area contributed by atoms with Gasteiger partial charge in [-0.2, -0.15) is 0 Å². The molecule has 0 aliphatic rings. The third-order valence-corrected chi connectivity index (χ3v) is 6.51. The Morgan fingerprint density at radius 3 is 2.57 bits per heavy atom. The number of nitrogens with zero attached hydrogens (tertiary/aromatic N) is 1. The number of thiazole rings is 1. The van der Waals surface area contributed by atoms with E-state index < -0.39 is 17.8 Å². The van der Waals surface area contributed by atoms with Crippen molar-refractivity contribution in [1.82, 2.24) is 15.6 Å². The van der Waals surface area contributed by atoms with Crippen LogP contribution in [0.2, 0.25) is 5.02 Å². The van der Waals surface area contributed by atoms with Gasteiger partial charge in [0, 0.05) is 12.1 Å². The number of aromatic nitrogens is 1. The minimum atomic E-state index is -0.719. The van der Waals surface area contributed by atoms with Gasteiger partial charge in [0.1, 0.15) is 11.4 Å². The number of phenolic OH excluding ortho intramolecular Hbond substituents is 1. The average Bonchev–Trinajstić information content (AvgIpc) is 3.20. The van der Waals surface area contributed by atoms with E-state index in [9.17, 15) is 19.5 Å². The number of rotatable bonds is 8. The van der Waals surface area contributed by atoms with Gasteiger partial charge in [-0.15, -0.1) is 11.3 Å². The number of carbonyl (C=O) groups excluding carboxylic acids is 3. The summed E-state index contributed by atoms with van der Waals surface area (Å²) in [5, 5.41) is 15.8. The zero-order valence-electron chi connectivity index (χ0n) is 19.3. The molecule has 3 N–H and O–H groups in total. The number of benzene rings is 2. The van der Waals surface area contributed by atoms with Crippen LogP contribution in [0, 0.1) is 6.92 Å². The first kappa shape index (κ1) is 25.9. The van der Waals surface area contributed by atoms with E-state index in [1.807, 2.05) is 13.8 Å². The molecule has 0 saturated heterocycles. The van der Waals surface area contributed by atoms with Crippen LogP contribution in [0.4, 0.5) is 0 Å². The third-order valence-electron chi connectivity index (χ3n) is 4.95. The van der Waals surface area contributed by atoms with Gasteiger partial charge in [-0.25, -0.2) is 9.78 Å². The van der Waals surface area contributed by atoms with E-state index >= 15 is 0 Å². The fourth-order valence-electron chi connectivity index (χ4n) is 3.12. The van der Waals surface area contributed by atoms with E-state index in [1.54, 1.807) is 18.2 Å². The smallest absolute Gasteiger partial charge is 0.354 e. The summed E-state index contributed by atoms with van der Waals surface area (Å²) in [7, 11) is 1.22. The second-order valence-electron chi connectivity index (χ2n) is 7.46. The maximum Gasteiger partial charge on any atom is 0.354 e. The van der Waals surface area contributed by atoms with Crippen LogP contribution in [0.1, 0.15) is 48.8 Å². The molecule has 2 aromatic carbocycles. The second-order valence-corrected chi connectivity index (χ2v) is 8.98. The number of methoxy groups -OCH3 is 1.